The molecule has 1 fully saturated rings. The summed E-state index contributed by atoms with van der Waals surface area (Å²) in [6, 6.07) is 0. The average Bonchev–Trinajstić information content (AvgIpc) is 2.46. The van der Waals surface area contributed by atoms with Gasteiger partial charge >= 0.3 is 5.97 Å². The second kappa shape index (κ2) is 3.71. The van der Waals surface area contributed by atoms with Gasteiger partial charge in [-0.25, -0.2) is 17.6 Å². The number of carboxylic acids is 1. The molecule has 0 aromatic rings. The summed E-state index contributed by atoms with van der Waals surface area (Å²) in [6.07, 6.45) is -1.41. The van der Waals surface area contributed by atoms with Crippen LogP contribution < -0.4 is 0 Å². The lowest BCUT2D eigenvalue weighted by Gasteiger charge is -2.29. The molecule has 0 aromatic carbocycles. The minimum absolute atomic E-state index is 0.100. The standard InChI is InChI=1S/C8H13FO5S/c1-15(13,14)5-3-2-4-8(5,12)6(9)7(10)11/h5-6,12H,2-4H2,1H3,(H,10,11). The van der Waals surface area contributed by atoms with E-state index in [-0.39, 0.29) is 12.8 Å². The Hall–Kier alpha value is -0.690. The SMILES string of the molecule is CS(=O)(=O)C1CCCC1(O)C(F)C(=O)O. The Morgan fingerprint density at radius 2 is 2.13 bits per heavy atom. The normalized spacial score (nSPS) is 33.9. The minimum atomic E-state index is -3.64. The second-order valence-corrected chi connectivity index (χ2v) is 6.13. The molecule has 2 N–H and O–H groups in total. The molecule has 0 aromatic heterocycles. The number of rotatable bonds is 3. The summed E-state index contributed by atoms with van der Waals surface area (Å²) in [5.74, 6) is -1.83. The molecule has 0 aliphatic heterocycles. The van der Waals surface area contributed by atoms with E-state index in [9.17, 15) is 22.7 Å². The zero-order valence-electron chi connectivity index (χ0n) is 8.18. The quantitative estimate of drug-likeness (QED) is 0.709. The van der Waals surface area contributed by atoms with Crippen molar-refractivity contribution in [3.63, 3.8) is 0 Å². The fourth-order valence-electron chi connectivity index (χ4n) is 2.07. The van der Waals surface area contributed by atoms with Crippen LogP contribution in [0.15, 0.2) is 0 Å². The fraction of sp³-hybridized carbons (Fsp3) is 0.875. The number of hydrogen-bond acceptors (Lipinski definition) is 4. The van der Waals surface area contributed by atoms with Crippen LogP contribution in [0.4, 0.5) is 4.39 Å². The summed E-state index contributed by atoms with van der Waals surface area (Å²) >= 11 is 0. The summed E-state index contributed by atoms with van der Waals surface area (Å²) in [5, 5.41) is 16.9. The van der Waals surface area contributed by atoms with E-state index >= 15 is 0 Å². The van der Waals surface area contributed by atoms with Crippen LogP contribution in [-0.2, 0) is 14.6 Å². The predicted octanol–water partition coefficient (Wildman–Crippen LogP) is -0.263. The number of aliphatic carboxylic acids is 1. The Kier molecular flexibility index (Phi) is 3.06. The summed E-state index contributed by atoms with van der Waals surface area (Å²) in [6.45, 7) is 0. The summed E-state index contributed by atoms with van der Waals surface area (Å²) in [4.78, 5) is 10.4. The van der Waals surface area contributed by atoms with Gasteiger partial charge in [-0.15, -0.1) is 0 Å². The van der Waals surface area contributed by atoms with Crippen LogP contribution in [0, 0.1) is 0 Å². The zero-order valence-corrected chi connectivity index (χ0v) is 9.00. The highest BCUT2D eigenvalue weighted by atomic mass is 32.2. The summed E-state index contributed by atoms with van der Waals surface area (Å²) < 4.78 is 35.8. The number of halogens is 1. The third-order valence-electron chi connectivity index (χ3n) is 2.77. The maximum absolute atomic E-state index is 13.3. The van der Waals surface area contributed by atoms with E-state index in [1.807, 2.05) is 0 Å². The molecule has 3 unspecified atom stereocenters. The average molecular weight is 240 g/mol. The molecule has 5 nitrogen and oxygen atoms in total. The van der Waals surface area contributed by atoms with Crippen LogP contribution in [0.2, 0.25) is 0 Å². The molecular weight excluding hydrogens is 227 g/mol. The lowest BCUT2D eigenvalue weighted by molar-refractivity contribution is -0.153. The molecule has 0 bridgehead atoms. The number of carboxylic acid groups (broad SMARTS) is 1. The van der Waals surface area contributed by atoms with Gasteiger partial charge in [0, 0.05) is 6.26 Å². The van der Waals surface area contributed by atoms with E-state index in [1.54, 1.807) is 0 Å². The highest BCUT2D eigenvalue weighted by molar-refractivity contribution is 7.91. The van der Waals surface area contributed by atoms with Gasteiger partial charge in [0.05, 0.1) is 5.25 Å². The van der Waals surface area contributed by atoms with Crippen molar-refractivity contribution in [2.75, 3.05) is 6.26 Å². The third kappa shape index (κ3) is 2.12. The van der Waals surface area contributed by atoms with E-state index in [4.69, 9.17) is 5.11 Å². The van der Waals surface area contributed by atoms with Gasteiger partial charge in [-0.2, -0.15) is 0 Å². The Balaban J connectivity index is 3.07. The van der Waals surface area contributed by atoms with Crippen LogP contribution in [0.1, 0.15) is 19.3 Å². The number of hydrogen-bond donors (Lipinski definition) is 2. The second-order valence-electron chi connectivity index (χ2n) is 3.90. The number of sulfone groups is 1. The van der Waals surface area contributed by atoms with Crippen molar-refractivity contribution in [3.8, 4) is 0 Å². The van der Waals surface area contributed by atoms with Gasteiger partial charge in [-0.3, -0.25) is 0 Å². The molecule has 0 saturated heterocycles. The number of aliphatic hydroxyl groups is 1. The Morgan fingerprint density at radius 1 is 1.60 bits per heavy atom. The highest BCUT2D eigenvalue weighted by Crippen LogP contribution is 2.38. The topological polar surface area (TPSA) is 91.7 Å². The highest BCUT2D eigenvalue weighted by Gasteiger charge is 2.55. The zero-order chi connectivity index (χ0) is 11.9. The molecule has 1 aliphatic carbocycles. The van der Waals surface area contributed by atoms with Crippen molar-refractivity contribution >= 4 is 15.8 Å². The molecule has 15 heavy (non-hydrogen) atoms. The maximum atomic E-state index is 13.3. The first-order chi connectivity index (χ1) is 6.69. The van der Waals surface area contributed by atoms with Gasteiger partial charge in [0.2, 0.25) is 6.17 Å². The van der Waals surface area contributed by atoms with Gasteiger partial charge in [0.1, 0.15) is 5.60 Å². The van der Waals surface area contributed by atoms with Gasteiger partial charge < -0.3 is 10.2 Å². The first kappa shape index (κ1) is 12.4. The van der Waals surface area contributed by atoms with Crippen LogP contribution in [-0.4, -0.2) is 47.9 Å². The number of alkyl halides is 1. The monoisotopic (exact) mass is 240 g/mol. The molecular formula is C8H13FO5S. The molecule has 1 aliphatic rings. The largest absolute Gasteiger partial charge is 0.479 e. The Morgan fingerprint density at radius 3 is 2.53 bits per heavy atom. The van der Waals surface area contributed by atoms with Crippen LogP contribution in [0.25, 0.3) is 0 Å². The van der Waals surface area contributed by atoms with Crippen LogP contribution in [0.5, 0.6) is 0 Å². The van der Waals surface area contributed by atoms with E-state index in [1.165, 1.54) is 0 Å². The van der Waals surface area contributed by atoms with Crippen molar-refractivity contribution < 1.29 is 27.8 Å². The molecule has 3 atom stereocenters. The lowest BCUT2D eigenvalue weighted by atomic mass is 9.96. The van der Waals surface area contributed by atoms with Crippen molar-refractivity contribution in [3.05, 3.63) is 0 Å². The molecule has 0 heterocycles. The van der Waals surface area contributed by atoms with Crippen molar-refractivity contribution in [2.45, 2.75) is 36.3 Å². The van der Waals surface area contributed by atoms with Crippen LogP contribution in [0.3, 0.4) is 0 Å². The lowest BCUT2D eigenvalue weighted by Crippen LogP contribution is -2.52. The molecule has 0 radical (unpaired) electrons. The van der Waals surface area contributed by atoms with Crippen molar-refractivity contribution in [1.29, 1.82) is 0 Å². The Bertz CT molecular complexity index is 365. The fourth-order valence-corrected chi connectivity index (χ4v) is 3.64. The smallest absolute Gasteiger partial charge is 0.341 e. The summed E-state index contributed by atoms with van der Waals surface area (Å²) in [7, 11) is -3.64. The number of carbonyl (C=O) groups is 1. The van der Waals surface area contributed by atoms with E-state index in [0.717, 1.165) is 6.26 Å². The molecule has 1 saturated carbocycles. The first-order valence-corrected chi connectivity index (χ1v) is 6.43. The van der Waals surface area contributed by atoms with E-state index < -0.39 is 32.8 Å². The van der Waals surface area contributed by atoms with Gasteiger partial charge in [-0.1, -0.05) is 0 Å². The summed E-state index contributed by atoms with van der Waals surface area (Å²) in [5.41, 5.74) is -2.28. The molecule has 88 valence electrons. The third-order valence-corrected chi connectivity index (χ3v) is 4.45. The Labute approximate surface area is 86.8 Å². The molecule has 0 spiro atoms. The minimum Gasteiger partial charge on any atom is -0.479 e. The van der Waals surface area contributed by atoms with Crippen molar-refractivity contribution in [1.82, 2.24) is 0 Å². The first-order valence-electron chi connectivity index (χ1n) is 4.47. The van der Waals surface area contributed by atoms with E-state index in [2.05, 4.69) is 0 Å². The molecule has 0 amide bonds. The van der Waals surface area contributed by atoms with Crippen molar-refractivity contribution in [2.24, 2.45) is 0 Å². The maximum Gasteiger partial charge on any atom is 0.341 e. The van der Waals surface area contributed by atoms with Gasteiger partial charge in [0.25, 0.3) is 0 Å². The molecule has 7 heteroatoms. The van der Waals surface area contributed by atoms with Gasteiger partial charge in [0.15, 0.2) is 9.84 Å². The van der Waals surface area contributed by atoms with E-state index in [0.29, 0.717) is 6.42 Å². The van der Waals surface area contributed by atoms with Gasteiger partial charge in [-0.05, 0) is 19.3 Å². The molecule has 1 rings (SSSR count). The van der Waals surface area contributed by atoms with Crippen LogP contribution >= 0.6 is 0 Å². The predicted molar refractivity (Wildman–Crippen MR) is 50.0 cm³/mol.